The van der Waals surface area contributed by atoms with Crippen LogP contribution < -0.4 is 0 Å². The first-order valence-electron chi connectivity index (χ1n) is 5.12. The minimum absolute atomic E-state index is 0.121. The fraction of sp³-hybridized carbons (Fsp3) is 0.400. The van der Waals surface area contributed by atoms with Crippen LogP contribution in [-0.2, 0) is 5.41 Å². The average molecular weight is 194 g/mol. The van der Waals surface area contributed by atoms with Gasteiger partial charge < -0.3 is 0 Å². The summed E-state index contributed by atoms with van der Waals surface area (Å²) in [5.41, 5.74) is 0.733. The van der Waals surface area contributed by atoms with Gasteiger partial charge in [0.15, 0.2) is 0 Å². The lowest BCUT2D eigenvalue weighted by molar-refractivity contribution is 0.574. The predicted octanol–water partition coefficient (Wildman–Crippen LogP) is 2.99. The number of hydrogen-bond donors (Lipinski definition) is 0. The van der Waals surface area contributed by atoms with Gasteiger partial charge in [0.1, 0.15) is 11.2 Å². The highest BCUT2D eigenvalue weighted by Gasteiger charge is 2.18. The Bertz CT molecular complexity index is 514. The quantitative estimate of drug-likeness (QED) is 0.644. The molecule has 2 aromatic rings. The molecule has 68 valence electrons. The third-order valence-electron chi connectivity index (χ3n) is 1.85. The van der Waals surface area contributed by atoms with E-state index in [1.807, 2.05) is 0 Å². The molecule has 3 heteroatoms. The summed E-state index contributed by atoms with van der Waals surface area (Å²) in [6, 6.07) is 0.250. The van der Waals surface area contributed by atoms with E-state index in [0.29, 0.717) is 0 Å². The standard InChI is InChI=1S/C10H12N2S/c1-10(2,3)8-7-4-5-13-9(7)12-6-11-8/h4-6H,1-3H3/i4D,5D. The van der Waals surface area contributed by atoms with Crippen LogP contribution >= 0.6 is 11.3 Å². The van der Waals surface area contributed by atoms with Crippen molar-refractivity contribution in [3.8, 4) is 0 Å². The third kappa shape index (κ3) is 1.44. The van der Waals surface area contributed by atoms with Crippen LogP contribution in [-0.4, -0.2) is 9.97 Å². The Morgan fingerprint density at radius 3 is 2.85 bits per heavy atom. The molecule has 0 aliphatic rings. The number of aromatic nitrogens is 2. The van der Waals surface area contributed by atoms with Crippen LogP contribution in [0.15, 0.2) is 17.7 Å². The molecule has 0 saturated heterocycles. The summed E-state index contributed by atoms with van der Waals surface area (Å²) in [6.07, 6.45) is 1.51. The molecule has 0 fully saturated rings. The van der Waals surface area contributed by atoms with Gasteiger partial charge in [-0.3, -0.25) is 0 Å². The summed E-state index contributed by atoms with van der Waals surface area (Å²) in [6.45, 7) is 6.15. The van der Waals surface area contributed by atoms with E-state index >= 15 is 0 Å². The van der Waals surface area contributed by atoms with E-state index in [9.17, 15) is 0 Å². The van der Waals surface area contributed by atoms with Crippen molar-refractivity contribution in [3.63, 3.8) is 0 Å². The van der Waals surface area contributed by atoms with Gasteiger partial charge in [0, 0.05) is 10.8 Å². The molecule has 0 bridgehead atoms. The second kappa shape index (κ2) is 2.77. The summed E-state index contributed by atoms with van der Waals surface area (Å²) in [7, 11) is 0. The Balaban J connectivity index is 2.86. The molecule has 0 amide bonds. The zero-order chi connectivity index (χ0) is 11.2. The van der Waals surface area contributed by atoms with Gasteiger partial charge in [0.25, 0.3) is 0 Å². The van der Waals surface area contributed by atoms with Crippen molar-refractivity contribution in [1.29, 1.82) is 0 Å². The molecule has 0 radical (unpaired) electrons. The minimum atomic E-state index is -0.121. The largest absolute Gasteiger partial charge is 0.240 e. The fourth-order valence-electron chi connectivity index (χ4n) is 1.25. The molecule has 0 atom stereocenters. The summed E-state index contributed by atoms with van der Waals surface area (Å²) in [5.74, 6) is 0. The van der Waals surface area contributed by atoms with E-state index in [1.165, 1.54) is 17.7 Å². The van der Waals surface area contributed by atoms with Gasteiger partial charge in [-0.05, 0) is 11.4 Å². The molecule has 0 N–H and O–H groups in total. The number of hydrogen-bond acceptors (Lipinski definition) is 3. The maximum atomic E-state index is 7.83. The smallest absolute Gasteiger partial charge is 0.126 e. The lowest BCUT2D eigenvalue weighted by Crippen LogP contribution is -2.13. The highest BCUT2D eigenvalue weighted by Crippen LogP contribution is 2.28. The van der Waals surface area contributed by atoms with Crippen molar-refractivity contribution < 1.29 is 2.74 Å². The van der Waals surface area contributed by atoms with E-state index in [2.05, 4.69) is 30.7 Å². The molecule has 2 aromatic heterocycles. The molecule has 0 aliphatic carbocycles. The molecular weight excluding hydrogens is 180 g/mol. The molecule has 0 aliphatic heterocycles. The molecule has 0 spiro atoms. The van der Waals surface area contributed by atoms with Crippen LogP contribution in [0.25, 0.3) is 10.2 Å². The molecule has 2 nitrogen and oxygen atoms in total. The molecule has 0 unspecified atom stereocenters. The molecule has 2 heterocycles. The van der Waals surface area contributed by atoms with Gasteiger partial charge in [-0.1, -0.05) is 20.8 Å². The van der Waals surface area contributed by atoms with Gasteiger partial charge in [-0.25, -0.2) is 9.97 Å². The highest BCUT2D eigenvalue weighted by atomic mass is 32.1. The van der Waals surface area contributed by atoms with Gasteiger partial charge in [0.2, 0.25) is 0 Å². The summed E-state index contributed by atoms with van der Waals surface area (Å²) < 4.78 is 15.4. The molecule has 0 saturated carbocycles. The molecule has 0 aromatic carbocycles. The normalized spacial score (nSPS) is 14.4. The first-order valence-corrected chi connectivity index (χ1v) is 4.94. The van der Waals surface area contributed by atoms with Crippen LogP contribution in [0.4, 0.5) is 0 Å². The molecule has 2 rings (SSSR count). The van der Waals surface area contributed by atoms with Crippen LogP contribution in [0.1, 0.15) is 29.2 Å². The maximum Gasteiger partial charge on any atom is 0.126 e. The molecule has 13 heavy (non-hydrogen) atoms. The van der Waals surface area contributed by atoms with E-state index in [4.69, 9.17) is 2.74 Å². The Kier molecular flexibility index (Phi) is 1.38. The van der Waals surface area contributed by atoms with E-state index in [-0.39, 0.29) is 16.8 Å². The van der Waals surface area contributed by atoms with Crippen molar-refractivity contribution in [2.75, 3.05) is 0 Å². The van der Waals surface area contributed by atoms with Crippen molar-refractivity contribution in [1.82, 2.24) is 9.97 Å². The lowest BCUT2D eigenvalue weighted by atomic mass is 9.90. The third-order valence-corrected chi connectivity index (χ3v) is 2.55. The van der Waals surface area contributed by atoms with Crippen molar-refractivity contribution in [3.05, 3.63) is 23.4 Å². The summed E-state index contributed by atoms with van der Waals surface area (Å²) >= 11 is 1.24. The van der Waals surface area contributed by atoms with Crippen molar-refractivity contribution in [2.45, 2.75) is 26.2 Å². The second-order valence-corrected chi connectivity index (χ2v) is 4.78. The van der Waals surface area contributed by atoms with Crippen LogP contribution in [0, 0.1) is 0 Å². The minimum Gasteiger partial charge on any atom is -0.240 e. The Morgan fingerprint density at radius 2 is 2.15 bits per heavy atom. The number of nitrogens with zero attached hydrogens (tertiary/aromatic N) is 2. The zero-order valence-electron chi connectivity index (χ0n) is 9.88. The van der Waals surface area contributed by atoms with Crippen molar-refractivity contribution in [2.24, 2.45) is 0 Å². The first kappa shape index (κ1) is 6.49. The van der Waals surface area contributed by atoms with Gasteiger partial charge in [0.05, 0.1) is 8.44 Å². The Labute approximate surface area is 84.5 Å². The van der Waals surface area contributed by atoms with Crippen LogP contribution in [0.3, 0.4) is 0 Å². The average Bonchev–Trinajstić information content (AvgIpc) is 2.41. The number of fused-ring (bicyclic) bond motifs is 1. The Morgan fingerprint density at radius 1 is 1.38 bits per heavy atom. The summed E-state index contributed by atoms with van der Waals surface area (Å²) in [4.78, 5) is 9.09. The second-order valence-electron chi connectivity index (χ2n) is 3.98. The summed E-state index contributed by atoms with van der Waals surface area (Å²) in [5, 5.41) is 0.996. The van der Waals surface area contributed by atoms with E-state index < -0.39 is 0 Å². The first-order chi connectivity index (χ1) is 6.91. The topological polar surface area (TPSA) is 25.8 Å². The lowest BCUT2D eigenvalue weighted by Gasteiger charge is -2.17. The van der Waals surface area contributed by atoms with Crippen LogP contribution in [0.2, 0.25) is 0 Å². The number of thiophene rings is 1. The number of rotatable bonds is 0. The Hall–Kier alpha value is -0.960. The zero-order valence-corrected chi connectivity index (χ0v) is 8.70. The maximum absolute atomic E-state index is 7.83. The van der Waals surface area contributed by atoms with Gasteiger partial charge >= 0.3 is 0 Å². The van der Waals surface area contributed by atoms with Gasteiger partial charge in [-0.2, -0.15) is 0 Å². The van der Waals surface area contributed by atoms with Gasteiger partial charge in [-0.15, -0.1) is 11.3 Å². The SMILES string of the molecule is [2H]c1sc2ncnc(C(C)(C)C)c2c1[2H]. The highest BCUT2D eigenvalue weighted by molar-refractivity contribution is 7.16. The van der Waals surface area contributed by atoms with E-state index in [0.717, 1.165) is 15.9 Å². The monoisotopic (exact) mass is 194 g/mol. The molecular formula is C10H12N2S. The van der Waals surface area contributed by atoms with Crippen LogP contribution in [0.5, 0.6) is 0 Å². The van der Waals surface area contributed by atoms with E-state index in [1.54, 1.807) is 0 Å². The fourth-order valence-corrected chi connectivity index (χ4v) is 1.85. The van der Waals surface area contributed by atoms with Crippen molar-refractivity contribution >= 4 is 21.6 Å². The predicted molar refractivity (Wildman–Crippen MR) is 56.1 cm³/mol.